The summed E-state index contributed by atoms with van der Waals surface area (Å²) in [6.45, 7) is 4.79. The Balaban J connectivity index is 1.57. The van der Waals surface area contributed by atoms with Gasteiger partial charge in [-0.05, 0) is 55.4 Å². The normalized spacial score (nSPS) is 23.7. The highest BCUT2D eigenvalue weighted by Gasteiger charge is 2.31. The van der Waals surface area contributed by atoms with E-state index in [-0.39, 0.29) is 29.0 Å². The molecule has 7 nitrogen and oxygen atoms in total. The van der Waals surface area contributed by atoms with Crippen molar-refractivity contribution in [1.82, 2.24) is 9.62 Å². The van der Waals surface area contributed by atoms with E-state index < -0.39 is 16.0 Å². The van der Waals surface area contributed by atoms with Crippen LogP contribution >= 0.6 is 0 Å². The van der Waals surface area contributed by atoms with E-state index >= 15 is 0 Å². The predicted octanol–water partition coefficient (Wildman–Crippen LogP) is 2.57. The van der Waals surface area contributed by atoms with Gasteiger partial charge in [-0.3, -0.25) is 4.79 Å². The van der Waals surface area contributed by atoms with E-state index in [0.29, 0.717) is 24.9 Å². The number of piperidine rings is 1. The van der Waals surface area contributed by atoms with Crippen molar-refractivity contribution in [1.29, 1.82) is 0 Å². The molecule has 2 aliphatic rings. The van der Waals surface area contributed by atoms with Gasteiger partial charge in [0, 0.05) is 19.1 Å². The van der Waals surface area contributed by atoms with Gasteiger partial charge in [0.25, 0.3) is 5.91 Å². The summed E-state index contributed by atoms with van der Waals surface area (Å²) in [5.41, 5.74) is 0.220. The van der Waals surface area contributed by atoms with E-state index in [4.69, 9.17) is 4.74 Å². The summed E-state index contributed by atoms with van der Waals surface area (Å²) in [6.07, 6.45) is 5.16. The quantitative estimate of drug-likeness (QED) is 0.711. The molecular formula is C21H30N2O5S. The monoisotopic (exact) mass is 422 g/mol. The molecule has 2 fully saturated rings. The number of nitrogens with one attached hydrogen (secondary N) is 1. The largest absolute Gasteiger partial charge is 0.452 e. The molecule has 0 aromatic heterocycles. The molecule has 1 amide bonds. The van der Waals surface area contributed by atoms with Gasteiger partial charge in [0.05, 0.1) is 10.5 Å². The third kappa shape index (κ3) is 5.57. The fourth-order valence-corrected chi connectivity index (χ4v) is 5.95. The van der Waals surface area contributed by atoms with Gasteiger partial charge in [-0.25, -0.2) is 13.2 Å². The zero-order valence-electron chi connectivity index (χ0n) is 17.1. The minimum Gasteiger partial charge on any atom is -0.452 e. The Hall–Kier alpha value is -1.93. The third-order valence-electron chi connectivity index (χ3n) is 5.62. The molecule has 160 valence electrons. The molecule has 1 N–H and O–H groups in total. The highest BCUT2D eigenvalue weighted by molar-refractivity contribution is 7.89. The first-order valence-electron chi connectivity index (χ1n) is 10.3. The fourth-order valence-electron chi connectivity index (χ4n) is 4.27. The van der Waals surface area contributed by atoms with Crippen molar-refractivity contribution >= 4 is 21.9 Å². The minimum absolute atomic E-state index is 0.161. The maximum absolute atomic E-state index is 12.9. The smallest absolute Gasteiger partial charge is 0.338 e. The van der Waals surface area contributed by atoms with Gasteiger partial charge in [-0.15, -0.1) is 0 Å². The lowest BCUT2D eigenvalue weighted by atomic mass is 9.94. The van der Waals surface area contributed by atoms with Crippen LogP contribution in [-0.4, -0.2) is 50.3 Å². The van der Waals surface area contributed by atoms with Crippen LogP contribution < -0.4 is 5.32 Å². The molecule has 3 rings (SSSR count). The predicted molar refractivity (Wildman–Crippen MR) is 109 cm³/mol. The van der Waals surface area contributed by atoms with Crippen LogP contribution in [0.25, 0.3) is 0 Å². The van der Waals surface area contributed by atoms with Crippen LogP contribution in [-0.2, 0) is 19.6 Å². The lowest BCUT2D eigenvalue weighted by Gasteiger charge is -2.34. The van der Waals surface area contributed by atoms with E-state index in [1.807, 2.05) is 0 Å². The van der Waals surface area contributed by atoms with Crippen molar-refractivity contribution in [2.75, 3.05) is 19.7 Å². The second-order valence-electron chi connectivity index (χ2n) is 8.42. The molecule has 1 aromatic rings. The van der Waals surface area contributed by atoms with Gasteiger partial charge >= 0.3 is 5.97 Å². The molecule has 1 aliphatic carbocycles. The van der Waals surface area contributed by atoms with E-state index in [1.54, 1.807) is 0 Å². The van der Waals surface area contributed by atoms with Crippen molar-refractivity contribution < 1.29 is 22.7 Å². The van der Waals surface area contributed by atoms with Crippen molar-refractivity contribution in [2.24, 2.45) is 11.8 Å². The fraction of sp³-hybridized carbons (Fsp3) is 0.619. The number of carbonyl (C=O) groups excluding carboxylic acids is 2. The van der Waals surface area contributed by atoms with Crippen LogP contribution in [0.2, 0.25) is 0 Å². The van der Waals surface area contributed by atoms with E-state index in [2.05, 4.69) is 19.2 Å². The van der Waals surface area contributed by atoms with Gasteiger partial charge in [-0.2, -0.15) is 4.31 Å². The molecule has 2 atom stereocenters. The maximum Gasteiger partial charge on any atom is 0.338 e. The van der Waals surface area contributed by atoms with Crippen LogP contribution in [0.15, 0.2) is 29.2 Å². The molecule has 0 spiro atoms. The van der Waals surface area contributed by atoms with E-state index in [9.17, 15) is 18.0 Å². The Kier molecular flexibility index (Phi) is 6.95. The van der Waals surface area contributed by atoms with E-state index in [0.717, 1.165) is 32.1 Å². The zero-order chi connectivity index (χ0) is 21.0. The topological polar surface area (TPSA) is 92.8 Å². The second-order valence-corrected chi connectivity index (χ2v) is 10.4. The second kappa shape index (κ2) is 9.26. The summed E-state index contributed by atoms with van der Waals surface area (Å²) in [6, 6.07) is 5.89. The Morgan fingerprint density at radius 2 is 1.66 bits per heavy atom. The number of esters is 1. The average molecular weight is 423 g/mol. The number of nitrogens with zero attached hydrogens (tertiary/aromatic N) is 1. The number of rotatable bonds is 6. The average Bonchev–Trinajstić information content (AvgIpc) is 3.18. The first-order valence-corrected chi connectivity index (χ1v) is 11.8. The van der Waals surface area contributed by atoms with Crippen molar-refractivity contribution in [2.45, 2.75) is 56.9 Å². The number of carbonyl (C=O) groups is 2. The Morgan fingerprint density at radius 3 is 2.24 bits per heavy atom. The SMILES string of the molecule is C[C@@H]1C[C@@H](C)CN(S(=O)(=O)c2ccc(C(=O)OCC(=O)NC3CCCC3)cc2)C1. The number of ether oxygens (including phenoxy) is 1. The molecule has 1 aliphatic heterocycles. The maximum atomic E-state index is 12.9. The molecule has 0 radical (unpaired) electrons. The zero-order valence-corrected chi connectivity index (χ0v) is 17.9. The molecule has 1 saturated carbocycles. The minimum atomic E-state index is -3.59. The summed E-state index contributed by atoms with van der Waals surface area (Å²) in [7, 11) is -3.59. The first kappa shape index (κ1) is 21.8. The van der Waals surface area contributed by atoms with Crippen LogP contribution in [0.4, 0.5) is 0 Å². The molecule has 1 aromatic carbocycles. The molecule has 0 unspecified atom stereocenters. The van der Waals surface area contributed by atoms with Crippen LogP contribution in [0, 0.1) is 11.8 Å². The van der Waals surface area contributed by atoms with Crippen molar-refractivity contribution in [3.05, 3.63) is 29.8 Å². The summed E-state index contributed by atoms with van der Waals surface area (Å²) >= 11 is 0. The molecule has 1 heterocycles. The number of benzene rings is 1. The number of hydrogen-bond acceptors (Lipinski definition) is 5. The standard InChI is InChI=1S/C21H30N2O5S/c1-15-11-16(2)13-23(12-15)29(26,27)19-9-7-17(8-10-19)21(25)28-14-20(24)22-18-5-3-4-6-18/h7-10,15-16,18H,3-6,11-14H2,1-2H3,(H,22,24)/t15-,16-/m1/s1. The Bertz CT molecular complexity index is 821. The van der Waals surface area contributed by atoms with Crippen LogP contribution in [0.1, 0.15) is 56.3 Å². The molecule has 29 heavy (non-hydrogen) atoms. The van der Waals surface area contributed by atoms with Crippen molar-refractivity contribution in [3.63, 3.8) is 0 Å². The third-order valence-corrected chi connectivity index (χ3v) is 7.46. The summed E-state index contributed by atoms with van der Waals surface area (Å²) in [4.78, 5) is 24.2. The Labute approximate surface area is 172 Å². The molecule has 0 bridgehead atoms. The lowest BCUT2D eigenvalue weighted by Crippen LogP contribution is -2.42. The lowest BCUT2D eigenvalue weighted by molar-refractivity contribution is -0.124. The van der Waals surface area contributed by atoms with Crippen LogP contribution in [0.3, 0.4) is 0 Å². The number of sulfonamides is 1. The van der Waals surface area contributed by atoms with Gasteiger partial charge < -0.3 is 10.1 Å². The molecule has 8 heteroatoms. The van der Waals surface area contributed by atoms with Gasteiger partial charge in [0.1, 0.15) is 0 Å². The first-order chi connectivity index (χ1) is 13.8. The number of amides is 1. The van der Waals surface area contributed by atoms with Gasteiger partial charge in [0.15, 0.2) is 6.61 Å². The van der Waals surface area contributed by atoms with E-state index in [1.165, 1.54) is 28.6 Å². The summed E-state index contributed by atoms with van der Waals surface area (Å²) < 4.78 is 32.4. The van der Waals surface area contributed by atoms with Gasteiger partial charge in [0.2, 0.25) is 10.0 Å². The highest BCUT2D eigenvalue weighted by Crippen LogP contribution is 2.26. The Morgan fingerprint density at radius 1 is 1.07 bits per heavy atom. The molecular weight excluding hydrogens is 392 g/mol. The number of hydrogen-bond donors (Lipinski definition) is 1. The van der Waals surface area contributed by atoms with Crippen molar-refractivity contribution in [3.8, 4) is 0 Å². The molecule has 1 saturated heterocycles. The van der Waals surface area contributed by atoms with Gasteiger partial charge in [-0.1, -0.05) is 26.7 Å². The summed E-state index contributed by atoms with van der Waals surface area (Å²) in [5, 5.41) is 2.86. The highest BCUT2D eigenvalue weighted by atomic mass is 32.2. The summed E-state index contributed by atoms with van der Waals surface area (Å²) in [5.74, 6) is -0.315. The van der Waals surface area contributed by atoms with Crippen LogP contribution in [0.5, 0.6) is 0 Å².